The molecule has 4 aromatic rings. The number of ether oxygens (including phenoxy) is 3. The third kappa shape index (κ3) is 17.9. The molecule has 6 atom stereocenters. The smallest absolute Gasteiger partial charge is 0.329 e. The summed E-state index contributed by atoms with van der Waals surface area (Å²) in [6.45, 7) is 7.27. The van der Waals surface area contributed by atoms with E-state index in [1.54, 1.807) is 94.7 Å². The fourth-order valence-corrected chi connectivity index (χ4v) is 11.7. The molecule has 3 heterocycles. The molecule has 3 N–H and O–H groups in total. The van der Waals surface area contributed by atoms with E-state index in [1.165, 1.54) is 51.8 Å². The van der Waals surface area contributed by atoms with Crippen LogP contribution in [0.15, 0.2) is 115 Å². The first kappa shape index (κ1) is 68.6. The summed E-state index contributed by atoms with van der Waals surface area (Å²) in [6, 6.07) is 24.5. The van der Waals surface area contributed by atoms with Crippen molar-refractivity contribution in [2.75, 3.05) is 66.9 Å². The molecule has 0 radical (unpaired) electrons. The maximum Gasteiger partial charge on any atom is 0.329 e. The highest BCUT2D eigenvalue weighted by molar-refractivity contribution is 6.38. The predicted molar refractivity (Wildman–Crippen MR) is 338 cm³/mol. The van der Waals surface area contributed by atoms with Gasteiger partial charge in [-0.25, -0.2) is 4.79 Å². The second-order valence-electron chi connectivity index (χ2n) is 24.6. The van der Waals surface area contributed by atoms with Crippen molar-refractivity contribution >= 4 is 64.7 Å². The van der Waals surface area contributed by atoms with Crippen molar-refractivity contribution in [1.29, 1.82) is 0 Å². The number of likely N-dealkylation sites (N-methyl/N-ethyl adjacent to an activating group) is 3. The minimum absolute atomic E-state index is 0.0183. The number of anilines is 1. The Morgan fingerprint density at radius 1 is 0.633 bits per heavy atom. The lowest BCUT2D eigenvalue weighted by molar-refractivity contribution is -0.164. The Balaban J connectivity index is 1.20. The number of hydrogen-bond acceptors (Lipinski definition) is 13. The molecule has 3 aliphatic rings. The number of ketones is 1. The second-order valence-corrected chi connectivity index (χ2v) is 24.6. The molecule has 8 amide bonds. The van der Waals surface area contributed by atoms with Gasteiger partial charge in [-0.1, -0.05) is 113 Å². The Labute approximate surface area is 528 Å². The largest absolute Gasteiger partial charge is 0.493 e. The Bertz CT molecular complexity index is 3240. The summed E-state index contributed by atoms with van der Waals surface area (Å²) in [5.74, 6) is -4.99. The van der Waals surface area contributed by atoms with Gasteiger partial charge < -0.3 is 54.7 Å². The van der Waals surface area contributed by atoms with Crippen molar-refractivity contribution in [2.45, 2.75) is 141 Å². The van der Waals surface area contributed by atoms with Crippen LogP contribution < -0.4 is 25.4 Å². The summed E-state index contributed by atoms with van der Waals surface area (Å²) in [5, 5.41) is 8.43. The average Bonchev–Trinajstić information content (AvgIpc) is 1.52. The van der Waals surface area contributed by atoms with Crippen LogP contribution in [0.25, 0.3) is 0 Å². The maximum atomic E-state index is 15.2. The number of carbonyl (C=O) groups excluding carboxylic acids is 10. The number of carbonyl (C=O) groups is 10. The van der Waals surface area contributed by atoms with Crippen LogP contribution in [0.4, 0.5) is 5.69 Å². The summed E-state index contributed by atoms with van der Waals surface area (Å²) in [5.41, 5.74) is 1.44. The number of methoxy groups -OCH3 is 2. The predicted octanol–water partition coefficient (Wildman–Crippen LogP) is 6.94. The number of Topliss-reactive ketones (excluding diaryl/α,β-unsaturated/α-hetero) is 1. The first-order chi connectivity index (χ1) is 43.0. The van der Waals surface area contributed by atoms with E-state index in [9.17, 15) is 38.4 Å². The highest BCUT2D eigenvalue weighted by Crippen LogP contribution is 2.33. The molecule has 21 nitrogen and oxygen atoms in total. The number of benzene rings is 4. The maximum absolute atomic E-state index is 15.2. The number of aryl methyl sites for hydroxylation is 1. The molecule has 0 aromatic heterocycles. The van der Waals surface area contributed by atoms with E-state index in [4.69, 9.17) is 14.2 Å². The molecule has 1 unspecified atom stereocenters. The zero-order valence-electron chi connectivity index (χ0n) is 53.4. The van der Waals surface area contributed by atoms with Crippen LogP contribution in [-0.2, 0) is 65.5 Å². The van der Waals surface area contributed by atoms with Crippen molar-refractivity contribution in [1.82, 2.24) is 35.1 Å². The molecular weight excluding hydrogens is 1150 g/mol. The van der Waals surface area contributed by atoms with E-state index in [2.05, 4.69) is 16.0 Å². The number of amides is 8. The van der Waals surface area contributed by atoms with Crippen molar-refractivity contribution in [3.63, 3.8) is 0 Å². The number of esters is 1. The number of fused-ring (bicyclic) bond motifs is 4. The lowest BCUT2D eigenvalue weighted by atomic mass is 9.86. The molecule has 0 saturated carbocycles. The van der Waals surface area contributed by atoms with Crippen molar-refractivity contribution in [2.24, 2.45) is 11.3 Å². The quantitative estimate of drug-likeness (QED) is 0.108. The first-order valence-corrected chi connectivity index (χ1v) is 31.1. The fourth-order valence-electron chi connectivity index (χ4n) is 11.7. The van der Waals surface area contributed by atoms with Gasteiger partial charge in [0.1, 0.15) is 36.3 Å². The van der Waals surface area contributed by atoms with Gasteiger partial charge in [0.15, 0.2) is 11.5 Å². The molecule has 21 heteroatoms. The van der Waals surface area contributed by atoms with Crippen LogP contribution in [0.3, 0.4) is 0 Å². The number of nitrogens with one attached hydrogen (secondary N) is 3. The van der Waals surface area contributed by atoms with E-state index in [-0.39, 0.29) is 76.5 Å². The van der Waals surface area contributed by atoms with Crippen molar-refractivity contribution in [3.8, 4) is 11.5 Å². The fraction of sp³-hybridized carbons (Fsp3) is 0.478. The van der Waals surface area contributed by atoms with Crippen LogP contribution >= 0.6 is 0 Å². The molecular formula is C69H88N8O13. The van der Waals surface area contributed by atoms with E-state index in [0.29, 0.717) is 66.8 Å². The first-order valence-electron chi connectivity index (χ1n) is 31.1. The second kappa shape index (κ2) is 32.0. The lowest BCUT2D eigenvalue weighted by Crippen LogP contribution is -2.58. The van der Waals surface area contributed by atoms with Crippen LogP contribution in [0, 0.1) is 11.3 Å². The molecule has 2 bridgehead atoms. The van der Waals surface area contributed by atoms with E-state index in [1.807, 2.05) is 56.3 Å². The molecule has 3 aliphatic heterocycles. The lowest BCUT2D eigenvalue weighted by Gasteiger charge is -2.37. The van der Waals surface area contributed by atoms with Gasteiger partial charge in [0.2, 0.25) is 47.1 Å². The van der Waals surface area contributed by atoms with Gasteiger partial charge in [-0.2, -0.15) is 0 Å². The van der Waals surface area contributed by atoms with Gasteiger partial charge >= 0.3 is 5.97 Å². The van der Waals surface area contributed by atoms with Crippen molar-refractivity contribution < 1.29 is 62.2 Å². The molecule has 2 saturated heterocycles. The number of hydrogen-bond donors (Lipinski definition) is 3. The zero-order valence-corrected chi connectivity index (χ0v) is 53.4. The Kier molecular flexibility index (Phi) is 24.4. The average molecular weight is 1240 g/mol. The normalized spacial score (nSPS) is 23.0. The standard InChI is InChI=1S/C69H88N8O13/c1-45(2)40-53-63(82)73(5)37-18-17-30-58(78)70-44-69(3,4)62(81)67(86)77-38-19-16-28-52(77)68(87)90-55(33-31-47-32-34-56(88-8)57(42-47)89-9)49-26-20-27-50(43-49)71-59(79)35-36-60(80)72-61(48-24-14-11-15-25-48)66(85)75(7)54(41-46-22-12-10-13-23-46)65(84)76-39-21-29-51(76)64(83)74(53)6/h10-15,17,20,22-27,30,32,34,42-43,45,51-55,61H,16,18-19,21,28-29,31,33,35-41,44H2,1-9H3,(H,70,78)(H,71,79)(H,72,80)/t51-,52+,53+,54+,55-,61?/m1/s1. The highest BCUT2D eigenvalue weighted by Gasteiger charge is 2.45. The summed E-state index contributed by atoms with van der Waals surface area (Å²) >= 11 is 0. The van der Waals surface area contributed by atoms with Gasteiger partial charge in [-0.05, 0) is 116 Å². The van der Waals surface area contributed by atoms with Gasteiger partial charge in [-0.15, -0.1) is 0 Å². The minimum Gasteiger partial charge on any atom is -0.493 e. The molecule has 2 fully saturated rings. The monoisotopic (exact) mass is 1240 g/mol. The summed E-state index contributed by atoms with van der Waals surface area (Å²) in [6.07, 6.45) is 4.68. The van der Waals surface area contributed by atoms with Crippen molar-refractivity contribution in [3.05, 3.63) is 138 Å². The number of cyclic esters (lactones) is 1. The van der Waals surface area contributed by atoms with E-state index < -0.39 is 94.8 Å². The summed E-state index contributed by atoms with van der Waals surface area (Å²) in [4.78, 5) is 150. The van der Waals surface area contributed by atoms with Crippen LogP contribution in [0.2, 0.25) is 0 Å². The van der Waals surface area contributed by atoms with Gasteiger partial charge in [0.25, 0.3) is 5.91 Å². The third-order valence-corrected chi connectivity index (χ3v) is 17.0. The Morgan fingerprint density at radius 2 is 1.29 bits per heavy atom. The number of rotatable bonds is 10. The van der Waals surface area contributed by atoms with Gasteiger partial charge in [-0.3, -0.25) is 43.2 Å². The molecule has 0 spiro atoms. The molecule has 482 valence electrons. The molecule has 0 aliphatic carbocycles. The minimum atomic E-state index is -1.40. The van der Waals surface area contributed by atoms with E-state index >= 15 is 9.59 Å². The molecule has 7 rings (SSSR count). The molecule has 90 heavy (non-hydrogen) atoms. The number of nitrogens with zero attached hydrogens (tertiary/aromatic N) is 5. The van der Waals surface area contributed by atoms with Crippen LogP contribution in [0.5, 0.6) is 11.5 Å². The molecule has 4 aromatic carbocycles. The Hall–Kier alpha value is -8.88. The number of piperidine rings is 1. The van der Waals surface area contributed by atoms with Gasteiger partial charge in [0, 0.05) is 72.3 Å². The SMILES string of the molecule is COc1ccc(CC[C@H]2OC(=O)[C@@H]3CCCCN3C(=O)C(=O)C(C)(C)CNC(=O)C=CCCN(C)C(=O)[C@H](CC(C)C)N(C)C(=O)[C@H]3CCCN3C(=O)[C@H](Cc3ccccc3)N(C)C(=O)C(c3ccccc3)NC(=O)CCC(=O)Nc3cccc2c3)cc1OC. The topological polar surface area (TPSA) is 251 Å². The summed E-state index contributed by atoms with van der Waals surface area (Å²) in [7, 11) is 7.73. The van der Waals surface area contributed by atoms with Gasteiger partial charge in [0.05, 0.1) is 19.6 Å². The highest BCUT2D eigenvalue weighted by atomic mass is 16.5. The van der Waals surface area contributed by atoms with E-state index in [0.717, 1.165) is 11.1 Å². The zero-order chi connectivity index (χ0) is 65.2. The third-order valence-electron chi connectivity index (χ3n) is 17.0. The van der Waals surface area contributed by atoms with Crippen LogP contribution in [0.1, 0.15) is 126 Å². The van der Waals surface area contributed by atoms with Crippen LogP contribution in [-0.4, -0.2) is 169 Å². The Morgan fingerprint density at radius 3 is 1.99 bits per heavy atom. The summed E-state index contributed by atoms with van der Waals surface area (Å²) < 4.78 is 17.4.